The Morgan fingerprint density at radius 2 is 2.11 bits per heavy atom. The number of nitrogens with zero attached hydrogens (tertiary/aromatic N) is 1. The van der Waals surface area contributed by atoms with E-state index in [9.17, 15) is 0 Å². The molecule has 4 nitrogen and oxygen atoms in total. The van der Waals surface area contributed by atoms with Crippen molar-refractivity contribution in [2.45, 2.75) is 23.6 Å². The van der Waals surface area contributed by atoms with Gasteiger partial charge in [-0.05, 0) is 38.2 Å². The van der Waals surface area contributed by atoms with Gasteiger partial charge in [0.25, 0.3) is 0 Å². The lowest BCUT2D eigenvalue weighted by molar-refractivity contribution is 1.02. The van der Waals surface area contributed by atoms with Crippen LogP contribution in [0.5, 0.6) is 0 Å². The van der Waals surface area contributed by atoms with Crippen LogP contribution in [0, 0.1) is 13.8 Å². The molecule has 1 aromatic carbocycles. The van der Waals surface area contributed by atoms with Crippen molar-refractivity contribution in [3.05, 3.63) is 35.7 Å². The van der Waals surface area contributed by atoms with Crippen molar-refractivity contribution in [2.24, 2.45) is 5.73 Å². The van der Waals surface area contributed by atoms with E-state index in [0.717, 1.165) is 26.9 Å². The highest BCUT2D eigenvalue weighted by molar-refractivity contribution is 7.99. The van der Waals surface area contributed by atoms with Gasteiger partial charge in [-0.2, -0.15) is 5.10 Å². The zero-order valence-corrected chi connectivity index (χ0v) is 11.8. The summed E-state index contributed by atoms with van der Waals surface area (Å²) in [6.07, 6.45) is 0. The summed E-state index contributed by atoms with van der Waals surface area (Å²) in [6.45, 7) is 3.99. The van der Waals surface area contributed by atoms with E-state index < -0.39 is 0 Å². The minimum Gasteiger partial charge on any atom is -0.376 e. The fourth-order valence-electron chi connectivity index (χ4n) is 1.59. The fourth-order valence-corrected chi connectivity index (χ4v) is 2.69. The molecule has 0 unspecified atom stereocenters. The molecule has 2 aromatic rings. The van der Waals surface area contributed by atoms with E-state index in [1.807, 2.05) is 38.1 Å². The van der Waals surface area contributed by atoms with Crippen LogP contribution >= 0.6 is 24.0 Å². The van der Waals surface area contributed by atoms with Crippen molar-refractivity contribution in [3.8, 4) is 0 Å². The van der Waals surface area contributed by atoms with Crippen LogP contribution in [-0.4, -0.2) is 15.3 Å². The van der Waals surface area contributed by atoms with Gasteiger partial charge in [0.1, 0.15) is 0 Å². The normalized spacial score (nSPS) is 10.3. The Balaban J connectivity index is 2.32. The van der Waals surface area contributed by atoms with Crippen molar-refractivity contribution in [2.75, 3.05) is 5.32 Å². The molecule has 18 heavy (non-hydrogen) atoms. The molecule has 0 saturated carbocycles. The van der Waals surface area contributed by atoms with E-state index in [0.29, 0.717) is 0 Å². The van der Waals surface area contributed by atoms with Gasteiger partial charge in [-0.3, -0.25) is 5.10 Å². The quantitative estimate of drug-likeness (QED) is 0.753. The lowest BCUT2D eigenvalue weighted by Gasteiger charge is -2.10. The van der Waals surface area contributed by atoms with Gasteiger partial charge in [-0.1, -0.05) is 23.9 Å². The first-order chi connectivity index (χ1) is 8.58. The molecule has 94 valence electrons. The van der Waals surface area contributed by atoms with Gasteiger partial charge in [-0.15, -0.1) is 0 Å². The summed E-state index contributed by atoms with van der Waals surface area (Å²) in [5.74, 6) is 0. The maximum atomic E-state index is 5.52. The number of H-pyrrole nitrogens is 1. The summed E-state index contributed by atoms with van der Waals surface area (Å²) >= 11 is 6.52. The first kappa shape index (κ1) is 12.9. The summed E-state index contributed by atoms with van der Waals surface area (Å²) in [4.78, 5) is 2.20. The van der Waals surface area contributed by atoms with Crippen LogP contribution in [0.25, 0.3) is 0 Å². The topological polar surface area (TPSA) is 66.7 Å². The number of nitrogens with two attached hydrogens (primary N) is 1. The second kappa shape index (κ2) is 5.41. The van der Waals surface area contributed by atoms with Crippen molar-refractivity contribution < 1.29 is 0 Å². The number of anilines is 1. The number of aryl methyl sites for hydroxylation is 2. The number of aromatic nitrogens is 2. The summed E-state index contributed by atoms with van der Waals surface area (Å²) in [5.41, 5.74) is 8.48. The van der Waals surface area contributed by atoms with Gasteiger partial charge in [0.2, 0.25) is 0 Å². The molecule has 1 aromatic heterocycles. The average molecular weight is 278 g/mol. The monoisotopic (exact) mass is 278 g/mol. The Bertz CT molecular complexity index is 558. The van der Waals surface area contributed by atoms with Crippen LogP contribution in [0.1, 0.15) is 11.4 Å². The molecule has 0 aliphatic carbocycles. The molecule has 0 spiro atoms. The maximum absolute atomic E-state index is 5.52. The van der Waals surface area contributed by atoms with Gasteiger partial charge in [0, 0.05) is 10.6 Å². The molecule has 4 N–H and O–H groups in total. The maximum Gasteiger partial charge on any atom is 0.168 e. The second-order valence-corrected chi connectivity index (χ2v) is 5.34. The summed E-state index contributed by atoms with van der Waals surface area (Å²) < 4.78 is 0. The van der Waals surface area contributed by atoms with Gasteiger partial charge in [0.05, 0.1) is 16.3 Å². The zero-order valence-electron chi connectivity index (χ0n) is 10.2. The predicted octanol–water partition coefficient (Wildman–Crippen LogP) is 2.83. The molecule has 0 aliphatic rings. The van der Waals surface area contributed by atoms with E-state index >= 15 is 0 Å². The smallest absolute Gasteiger partial charge is 0.168 e. The molecule has 0 radical (unpaired) electrons. The van der Waals surface area contributed by atoms with Crippen molar-refractivity contribution in [1.29, 1.82) is 0 Å². The minimum absolute atomic E-state index is 0.267. The van der Waals surface area contributed by atoms with E-state index in [4.69, 9.17) is 18.0 Å². The Labute approximate surface area is 115 Å². The largest absolute Gasteiger partial charge is 0.376 e. The highest BCUT2D eigenvalue weighted by Crippen LogP contribution is 2.36. The Hall–Kier alpha value is -1.53. The van der Waals surface area contributed by atoms with Crippen LogP contribution in [0.4, 0.5) is 5.69 Å². The van der Waals surface area contributed by atoms with Crippen LogP contribution in [0.2, 0.25) is 0 Å². The van der Waals surface area contributed by atoms with Crippen LogP contribution in [0.15, 0.2) is 34.1 Å². The third-order valence-electron chi connectivity index (χ3n) is 2.42. The van der Waals surface area contributed by atoms with Crippen LogP contribution in [0.3, 0.4) is 0 Å². The first-order valence-electron chi connectivity index (χ1n) is 5.43. The van der Waals surface area contributed by atoms with E-state index in [-0.39, 0.29) is 5.11 Å². The highest BCUT2D eigenvalue weighted by atomic mass is 32.2. The summed E-state index contributed by atoms with van der Waals surface area (Å²) in [6, 6.07) is 7.90. The van der Waals surface area contributed by atoms with Gasteiger partial charge in [-0.25, -0.2) is 0 Å². The molecule has 0 atom stereocenters. The highest BCUT2D eigenvalue weighted by Gasteiger charge is 2.10. The predicted molar refractivity (Wildman–Crippen MR) is 79.0 cm³/mol. The van der Waals surface area contributed by atoms with E-state index in [2.05, 4.69) is 15.5 Å². The molecular formula is C12H14N4S2. The fraction of sp³-hybridized carbons (Fsp3) is 0.167. The molecule has 0 amide bonds. The van der Waals surface area contributed by atoms with Crippen molar-refractivity contribution in [1.82, 2.24) is 10.2 Å². The zero-order chi connectivity index (χ0) is 13.1. The first-order valence-corrected chi connectivity index (χ1v) is 6.65. The molecule has 2 rings (SSSR count). The minimum atomic E-state index is 0.267. The summed E-state index contributed by atoms with van der Waals surface area (Å²) in [7, 11) is 0. The van der Waals surface area contributed by atoms with Gasteiger partial charge in [0.15, 0.2) is 5.11 Å². The van der Waals surface area contributed by atoms with Crippen molar-refractivity contribution >= 4 is 34.8 Å². The van der Waals surface area contributed by atoms with Crippen LogP contribution < -0.4 is 11.1 Å². The molecule has 0 fully saturated rings. The van der Waals surface area contributed by atoms with Crippen LogP contribution in [-0.2, 0) is 0 Å². The van der Waals surface area contributed by atoms with Gasteiger partial charge < -0.3 is 11.1 Å². The molecular weight excluding hydrogens is 264 g/mol. The molecule has 0 aliphatic heterocycles. The molecule has 0 saturated heterocycles. The number of thiocarbonyl (C=S) groups is 1. The van der Waals surface area contributed by atoms with E-state index in [1.54, 1.807) is 11.8 Å². The number of nitrogens with one attached hydrogen (secondary N) is 2. The molecule has 1 heterocycles. The number of rotatable bonds is 3. The van der Waals surface area contributed by atoms with Crippen molar-refractivity contribution in [3.63, 3.8) is 0 Å². The number of hydrogen-bond donors (Lipinski definition) is 3. The lowest BCUT2D eigenvalue weighted by atomic mass is 10.3. The van der Waals surface area contributed by atoms with E-state index in [1.165, 1.54) is 0 Å². The number of para-hydroxylation sites is 1. The summed E-state index contributed by atoms with van der Waals surface area (Å²) in [5, 5.41) is 10.4. The lowest BCUT2D eigenvalue weighted by Crippen LogP contribution is -2.19. The number of aromatic amines is 1. The molecule has 6 heteroatoms. The second-order valence-electron chi connectivity index (χ2n) is 3.85. The van der Waals surface area contributed by atoms with Gasteiger partial charge >= 0.3 is 0 Å². The Morgan fingerprint density at radius 1 is 1.39 bits per heavy atom. The Kier molecular flexibility index (Phi) is 3.88. The Morgan fingerprint density at radius 3 is 2.72 bits per heavy atom. The average Bonchev–Trinajstić information content (AvgIpc) is 2.62. The number of benzene rings is 1. The SMILES string of the molecule is Cc1n[nH]c(C)c1Sc1ccccc1NC(N)=S. The third-order valence-corrected chi connectivity index (χ3v) is 3.90. The third kappa shape index (κ3) is 2.83. The standard InChI is InChI=1S/C12H14N4S2/c1-7-11(8(2)16-15-7)18-10-6-4-3-5-9(10)14-12(13)17/h3-6H,1-2H3,(H,15,16)(H3,13,14,17). The molecule has 0 bridgehead atoms. The number of hydrogen-bond acceptors (Lipinski definition) is 3.